The Morgan fingerprint density at radius 3 is 2.45 bits per heavy atom. The first-order valence-electron chi connectivity index (χ1n) is 8.60. The minimum atomic E-state index is -4.87. The van der Waals surface area contributed by atoms with Crippen molar-refractivity contribution in [2.75, 3.05) is 20.3 Å². The van der Waals surface area contributed by atoms with E-state index in [0.717, 1.165) is 6.08 Å². The molecule has 1 aromatic carbocycles. The van der Waals surface area contributed by atoms with Gasteiger partial charge in [-0.05, 0) is 18.2 Å². The number of fused-ring (bicyclic) bond motifs is 2. The second-order valence-corrected chi connectivity index (χ2v) is 7.60. The molecule has 1 aromatic rings. The molecule has 0 aromatic heterocycles. The molecule has 0 unspecified atom stereocenters. The quantitative estimate of drug-likeness (QED) is 0.652. The third-order valence-corrected chi connectivity index (χ3v) is 5.42. The van der Waals surface area contributed by atoms with Crippen molar-refractivity contribution in [2.45, 2.75) is 36.7 Å². The van der Waals surface area contributed by atoms with Crippen LogP contribution in [-0.2, 0) is 23.7 Å². The van der Waals surface area contributed by atoms with Gasteiger partial charge in [0.25, 0.3) is 0 Å². The fourth-order valence-corrected chi connectivity index (χ4v) is 4.14. The molecule has 0 radical (unpaired) electrons. The van der Waals surface area contributed by atoms with Gasteiger partial charge in [0.15, 0.2) is 6.10 Å². The van der Waals surface area contributed by atoms with Gasteiger partial charge in [0.1, 0.15) is 24.1 Å². The van der Waals surface area contributed by atoms with Crippen molar-refractivity contribution in [3.05, 3.63) is 33.3 Å². The number of alkyl halides is 3. The van der Waals surface area contributed by atoms with E-state index in [1.807, 2.05) is 0 Å². The van der Waals surface area contributed by atoms with Gasteiger partial charge in [-0.1, -0.05) is 23.2 Å². The average molecular weight is 455 g/mol. The molecule has 0 spiro atoms. The second-order valence-electron chi connectivity index (χ2n) is 6.76. The fraction of sp³-hybridized carbons (Fsp3) is 0.500. The Kier molecular flexibility index (Phi) is 5.45. The second kappa shape index (κ2) is 7.63. The van der Waals surface area contributed by atoms with Gasteiger partial charge in [-0.25, -0.2) is 4.79 Å². The van der Waals surface area contributed by atoms with E-state index in [9.17, 15) is 18.0 Å². The Bertz CT molecular complexity index is 859. The van der Waals surface area contributed by atoms with Crippen LogP contribution in [0, 0.1) is 0 Å². The Balaban J connectivity index is 1.61. The maximum Gasteiger partial charge on any atom is 0.430 e. The Hall–Kier alpha value is -1.52. The van der Waals surface area contributed by atoms with Gasteiger partial charge in [0.05, 0.1) is 23.8 Å². The van der Waals surface area contributed by atoms with Gasteiger partial charge in [-0.3, -0.25) is 0 Å². The van der Waals surface area contributed by atoms with Crippen LogP contribution in [0.25, 0.3) is 6.08 Å². The minimum absolute atomic E-state index is 0.0139. The van der Waals surface area contributed by atoms with Crippen LogP contribution in [0.5, 0.6) is 5.75 Å². The van der Waals surface area contributed by atoms with Crippen LogP contribution in [0.1, 0.15) is 5.56 Å². The first-order valence-corrected chi connectivity index (χ1v) is 9.35. The topological polar surface area (TPSA) is 63.2 Å². The summed E-state index contributed by atoms with van der Waals surface area (Å²) in [4.78, 5) is 12.7. The average Bonchev–Trinajstić information content (AvgIpc) is 3.22. The van der Waals surface area contributed by atoms with Crippen molar-refractivity contribution in [3.63, 3.8) is 0 Å². The number of carbonyl (C=O) groups is 1. The molecule has 0 bridgehead atoms. The summed E-state index contributed by atoms with van der Waals surface area (Å²) in [5, 5.41) is 0.0891. The third kappa shape index (κ3) is 3.82. The van der Waals surface area contributed by atoms with Crippen molar-refractivity contribution in [1.29, 1.82) is 0 Å². The van der Waals surface area contributed by atoms with Crippen molar-refractivity contribution in [3.8, 4) is 5.75 Å². The lowest BCUT2D eigenvalue weighted by Gasteiger charge is -2.29. The highest BCUT2D eigenvalue weighted by Gasteiger charge is 2.52. The molecule has 158 valence electrons. The van der Waals surface area contributed by atoms with Crippen molar-refractivity contribution >= 4 is 35.2 Å². The summed E-state index contributed by atoms with van der Waals surface area (Å²) >= 11 is 11.9. The highest BCUT2D eigenvalue weighted by molar-refractivity contribution is 6.36. The highest BCUT2D eigenvalue weighted by Crippen LogP contribution is 2.43. The summed E-state index contributed by atoms with van der Waals surface area (Å²) in [5.41, 5.74) is -0.569. The monoisotopic (exact) mass is 454 g/mol. The SMILES string of the molecule is CO[C@@H]1CO[C@H]2[C@@H]1OC[C@@H]2OC(=O)C1=Cc2cc(Cl)cc(Cl)c2O[C@@H]1C(F)(F)F. The van der Waals surface area contributed by atoms with Gasteiger partial charge < -0.3 is 23.7 Å². The van der Waals surface area contributed by atoms with E-state index in [-0.39, 0.29) is 40.7 Å². The lowest BCUT2D eigenvalue weighted by Crippen LogP contribution is -2.42. The van der Waals surface area contributed by atoms with Gasteiger partial charge in [0.2, 0.25) is 6.10 Å². The van der Waals surface area contributed by atoms with E-state index >= 15 is 0 Å². The Morgan fingerprint density at radius 2 is 1.79 bits per heavy atom. The molecule has 11 heteroatoms. The first kappa shape index (κ1) is 20.7. The fourth-order valence-electron chi connectivity index (χ4n) is 3.58. The van der Waals surface area contributed by atoms with E-state index in [4.69, 9.17) is 46.9 Å². The molecule has 0 saturated carbocycles. The van der Waals surface area contributed by atoms with Crippen LogP contribution in [0.15, 0.2) is 17.7 Å². The smallest absolute Gasteiger partial charge is 0.430 e. The van der Waals surface area contributed by atoms with Crippen molar-refractivity contribution < 1.29 is 41.7 Å². The summed E-state index contributed by atoms with van der Waals surface area (Å²) in [5.74, 6) is -1.39. The number of rotatable bonds is 3. The number of esters is 1. The molecule has 2 fully saturated rings. The molecule has 5 atom stereocenters. The van der Waals surface area contributed by atoms with E-state index < -0.39 is 42.1 Å². The molecule has 4 rings (SSSR count). The maximum atomic E-state index is 13.6. The summed E-state index contributed by atoms with van der Waals surface area (Å²) in [7, 11) is 1.49. The lowest BCUT2D eigenvalue weighted by atomic mass is 10.0. The van der Waals surface area contributed by atoms with Crippen LogP contribution in [0.3, 0.4) is 0 Å². The Labute approximate surface area is 173 Å². The van der Waals surface area contributed by atoms with Crippen LogP contribution >= 0.6 is 23.2 Å². The zero-order chi connectivity index (χ0) is 20.9. The van der Waals surface area contributed by atoms with Gasteiger partial charge in [0, 0.05) is 17.7 Å². The standard InChI is InChI=1S/C18H15Cl2F3O6/c1-25-11-5-26-15-12(6-27-14(11)15)28-17(24)9-3-7-2-8(19)4-10(20)13(7)29-16(9)18(21,22)23/h2-4,11-12,14-16H,5-6H2,1H3/t11-,12+,14-,15-,16+/m1/s1. The predicted molar refractivity (Wildman–Crippen MR) is 95.1 cm³/mol. The molecule has 0 amide bonds. The summed E-state index contributed by atoms with van der Waals surface area (Å²) < 4.78 is 67.3. The van der Waals surface area contributed by atoms with Crippen molar-refractivity contribution in [1.82, 2.24) is 0 Å². The van der Waals surface area contributed by atoms with Crippen molar-refractivity contribution in [2.24, 2.45) is 0 Å². The van der Waals surface area contributed by atoms with Crippen LogP contribution in [0.2, 0.25) is 10.0 Å². The number of benzene rings is 1. The predicted octanol–water partition coefficient (Wildman–Crippen LogP) is 3.42. The van der Waals surface area contributed by atoms with E-state index in [1.54, 1.807) is 0 Å². The molecule has 0 aliphatic carbocycles. The molecular weight excluding hydrogens is 440 g/mol. The van der Waals surface area contributed by atoms with Gasteiger partial charge in [-0.15, -0.1) is 0 Å². The molecule has 3 heterocycles. The van der Waals surface area contributed by atoms with Gasteiger partial charge in [-0.2, -0.15) is 13.2 Å². The first-order chi connectivity index (χ1) is 13.7. The maximum absolute atomic E-state index is 13.6. The molecule has 2 saturated heterocycles. The normalized spacial score (nSPS) is 31.0. The van der Waals surface area contributed by atoms with E-state index in [0.29, 0.717) is 0 Å². The molecule has 29 heavy (non-hydrogen) atoms. The molecule has 3 aliphatic rings. The molecule has 3 aliphatic heterocycles. The highest BCUT2D eigenvalue weighted by atomic mass is 35.5. The summed E-state index contributed by atoms with van der Waals surface area (Å²) in [6.07, 6.45) is -8.65. The third-order valence-electron chi connectivity index (χ3n) is 4.92. The largest absolute Gasteiger partial charge is 0.474 e. The zero-order valence-electron chi connectivity index (χ0n) is 14.9. The number of halogens is 5. The number of carbonyl (C=O) groups excluding carboxylic acids is 1. The van der Waals surface area contributed by atoms with Crippen LogP contribution < -0.4 is 4.74 Å². The zero-order valence-corrected chi connectivity index (χ0v) is 16.4. The minimum Gasteiger partial charge on any atom is -0.474 e. The summed E-state index contributed by atoms with van der Waals surface area (Å²) in [6, 6.07) is 2.60. The number of ether oxygens (including phenoxy) is 5. The number of hydrogen-bond acceptors (Lipinski definition) is 6. The van der Waals surface area contributed by atoms with Gasteiger partial charge >= 0.3 is 12.1 Å². The molecule has 0 N–H and O–H groups in total. The lowest BCUT2D eigenvalue weighted by molar-refractivity contribution is -0.189. The number of methoxy groups -OCH3 is 1. The summed E-state index contributed by atoms with van der Waals surface area (Å²) in [6.45, 7) is 0.223. The van der Waals surface area contributed by atoms with Crippen LogP contribution in [0.4, 0.5) is 13.2 Å². The Morgan fingerprint density at radius 1 is 1.14 bits per heavy atom. The van der Waals surface area contributed by atoms with Crippen LogP contribution in [-0.4, -0.2) is 63.0 Å². The molecule has 6 nitrogen and oxygen atoms in total. The van der Waals surface area contributed by atoms with E-state index in [2.05, 4.69) is 0 Å². The number of hydrogen-bond donors (Lipinski definition) is 0. The molecular formula is C18H15Cl2F3O6. The van der Waals surface area contributed by atoms with E-state index in [1.165, 1.54) is 19.2 Å².